The fourth-order valence-corrected chi connectivity index (χ4v) is 0.671. The molecule has 0 saturated heterocycles. The van der Waals surface area contributed by atoms with Crippen molar-refractivity contribution < 1.29 is 9.32 Å². The Bertz CT molecular complexity index is 296. The molecular weight excluding hydrogens is 156 g/mol. The van der Waals surface area contributed by atoms with E-state index in [9.17, 15) is 4.79 Å². The van der Waals surface area contributed by atoms with E-state index in [0.29, 0.717) is 5.89 Å². The van der Waals surface area contributed by atoms with Crippen LogP contribution < -0.4 is 0 Å². The minimum atomic E-state index is -0.194. The van der Waals surface area contributed by atoms with Crippen LogP contribution in [0.25, 0.3) is 0 Å². The van der Waals surface area contributed by atoms with E-state index < -0.39 is 0 Å². The molecule has 66 valence electrons. The van der Waals surface area contributed by atoms with Crippen LogP contribution in [0.15, 0.2) is 4.52 Å². The fourth-order valence-electron chi connectivity index (χ4n) is 0.671. The van der Waals surface area contributed by atoms with Crippen LogP contribution in [-0.4, -0.2) is 15.9 Å². The van der Waals surface area contributed by atoms with Gasteiger partial charge in [0.2, 0.25) is 17.5 Å². The van der Waals surface area contributed by atoms with Gasteiger partial charge >= 0.3 is 0 Å². The highest BCUT2D eigenvalue weighted by atomic mass is 16.5. The smallest absolute Gasteiger partial charge is 0.238 e. The van der Waals surface area contributed by atoms with Crippen LogP contribution in [0, 0.1) is 0 Å². The van der Waals surface area contributed by atoms with Crippen LogP contribution in [0.2, 0.25) is 0 Å². The van der Waals surface area contributed by atoms with Gasteiger partial charge in [0.05, 0.1) is 0 Å². The summed E-state index contributed by atoms with van der Waals surface area (Å²) in [6, 6.07) is 0. The number of hydrogen-bond acceptors (Lipinski definition) is 4. The molecule has 4 heteroatoms. The van der Waals surface area contributed by atoms with E-state index in [1.54, 1.807) is 0 Å². The summed E-state index contributed by atoms with van der Waals surface area (Å²) in [5, 5.41) is 3.55. The largest absolute Gasteiger partial charge is 0.338 e. The molecule has 0 radical (unpaired) electrons. The fraction of sp³-hybridized carbons (Fsp3) is 0.625. The summed E-state index contributed by atoms with van der Waals surface area (Å²) in [7, 11) is 0. The van der Waals surface area contributed by atoms with Gasteiger partial charge in [-0.15, -0.1) is 0 Å². The Morgan fingerprint density at radius 3 is 2.25 bits per heavy atom. The van der Waals surface area contributed by atoms with Crippen molar-refractivity contribution >= 4 is 5.78 Å². The van der Waals surface area contributed by atoms with Crippen LogP contribution in [0.5, 0.6) is 0 Å². The second-order valence-electron chi connectivity index (χ2n) is 3.73. The number of ketones is 1. The van der Waals surface area contributed by atoms with Crippen LogP contribution in [0.3, 0.4) is 0 Å². The Labute approximate surface area is 71.0 Å². The third-order valence-corrected chi connectivity index (χ3v) is 1.38. The van der Waals surface area contributed by atoms with Gasteiger partial charge in [0.25, 0.3) is 0 Å². The van der Waals surface area contributed by atoms with Crippen molar-refractivity contribution in [2.45, 2.75) is 33.1 Å². The summed E-state index contributed by atoms with van der Waals surface area (Å²) in [6.45, 7) is 7.26. The number of nitrogens with zero attached hydrogens (tertiary/aromatic N) is 2. The first kappa shape index (κ1) is 8.90. The number of aromatic nitrogens is 2. The Hall–Kier alpha value is -1.19. The van der Waals surface area contributed by atoms with Gasteiger partial charge in [0, 0.05) is 12.3 Å². The molecular formula is C8H12N2O2. The molecule has 0 unspecified atom stereocenters. The van der Waals surface area contributed by atoms with E-state index in [2.05, 4.69) is 10.1 Å². The predicted molar refractivity (Wildman–Crippen MR) is 43.0 cm³/mol. The molecule has 1 aromatic heterocycles. The van der Waals surface area contributed by atoms with Crippen LogP contribution in [-0.2, 0) is 5.41 Å². The molecule has 0 bridgehead atoms. The van der Waals surface area contributed by atoms with Crippen molar-refractivity contribution in [1.82, 2.24) is 10.1 Å². The maximum absolute atomic E-state index is 10.8. The number of Topliss-reactive ketones (excluding diaryl/α,β-unsaturated/α-hetero) is 1. The topological polar surface area (TPSA) is 56.0 Å². The predicted octanol–water partition coefficient (Wildman–Crippen LogP) is 1.57. The molecule has 0 spiro atoms. The van der Waals surface area contributed by atoms with E-state index in [1.165, 1.54) is 6.92 Å². The van der Waals surface area contributed by atoms with Gasteiger partial charge in [0.1, 0.15) is 0 Å². The number of hydrogen-bond donors (Lipinski definition) is 0. The van der Waals surface area contributed by atoms with Gasteiger partial charge in [-0.3, -0.25) is 4.79 Å². The Kier molecular flexibility index (Phi) is 2.00. The molecule has 12 heavy (non-hydrogen) atoms. The zero-order valence-corrected chi connectivity index (χ0v) is 7.71. The lowest BCUT2D eigenvalue weighted by Crippen LogP contribution is -2.11. The lowest BCUT2D eigenvalue weighted by molar-refractivity contribution is 0.100. The molecule has 0 fully saturated rings. The van der Waals surface area contributed by atoms with Crippen molar-refractivity contribution in [3.63, 3.8) is 0 Å². The molecule has 1 aromatic rings. The molecule has 0 atom stereocenters. The molecule has 0 aromatic carbocycles. The molecule has 1 rings (SSSR count). The van der Waals surface area contributed by atoms with Gasteiger partial charge < -0.3 is 4.52 Å². The summed E-state index contributed by atoms with van der Waals surface area (Å²) in [6.07, 6.45) is 0. The molecule has 1 heterocycles. The standard InChI is InChI=1S/C8H12N2O2/c1-5(11)6-9-7(12-10-6)8(2,3)4/h1-4H3. The number of carbonyl (C=O) groups is 1. The molecule has 4 nitrogen and oxygen atoms in total. The van der Waals surface area contributed by atoms with Gasteiger partial charge in [0.15, 0.2) is 0 Å². The average molecular weight is 168 g/mol. The first-order valence-electron chi connectivity index (χ1n) is 3.76. The third-order valence-electron chi connectivity index (χ3n) is 1.38. The van der Waals surface area contributed by atoms with Crippen LogP contribution in [0.4, 0.5) is 0 Å². The molecule has 0 saturated carbocycles. The Morgan fingerprint density at radius 2 is 2.00 bits per heavy atom. The zero-order valence-electron chi connectivity index (χ0n) is 7.71. The summed E-state index contributed by atoms with van der Waals surface area (Å²) >= 11 is 0. The van der Waals surface area contributed by atoms with Gasteiger partial charge in [-0.2, -0.15) is 4.98 Å². The number of rotatable bonds is 1. The summed E-state index contributed by atoms with van der Waals surface area (Å²) in [4.78, 5) is 14.8. The zero-order chi connectivity index (χ0) is 9.35. The van der Waals surface area contributed by atoms with E-state index in [0.717, 1.165) is 0 Å². The summed E-state index contributed by atoms with van der Waals surface area (Å²) in [5.74, 6) is 0.474. The molecule has 0 amide bonds. The monoisotopic (exact) mass is 168 g/mol. The Balaban J connectivity index is 3.00. The van der Waals surface area contributed by atoms with E-state index in [-0.39, 0.29) is 17.0 Å². The maximum atomic E-state index is 10.8. The summed E-state index contributed by atoms with van der Waals surface area (Å²) in [5.41, 5.74) is -0.194. The molecule has 0 aliphatic rings. The van der Waals surface area contributed by atoms with Crippen molar-refractivity contribution in [3.05, 3.63) is 11.7 Å². The third kappa shape index (κ3) is 1.69. The number of carbonyl (C=O) groups excluding carboxylic acids is 1. The maximum Gasteiger partial charge on any atom is 0.238 e. The second-order valence-corrected chi connectivity index (χ2v) is 3.73. The van der Waals surface area contributed by atoms with Gasteiger partial charge in [-0.25, -0.2) is 0 Å². The molecule has 0 N–H and O–H groups in total. The molecule has 0 aliphatic carbocycles. The van der Waals surface area contributed by atoms with Gasteiger partial charge in [-0.1, -0.05) is 25.9 Å². The van der Waals surface area contributed by atoms with Crippen LogP contribution >= 0.6 is 0 Å². The van der Waals surface area contributed by atoms with E-state index >= 15 is 0 Å². The van der Waals surface area contributed by atoms with Gasteiger partial charge in [-0.05, 0) is 0 Å². The highest BCUT2D eigenvalue weighted by Crippen LogP contribution is 2.19. The first-order chi connectivity index (χ1) is 5.41. The normalized spacial score (nSPS) is 11.7. The first-order valence-corrected chi connectivity index (χ1v) is 3.76. The van der Waals surface area contributed by atoms with Crippen molar-refractivity contribution in [2.24, 2.45) is 0 Å². The molecule has 0 aliphatic heterocycles. The quantitative estimate of drug-likeness (QED) is 0.597. The van der Waals surface area contributed by atoms with E-state index in [4.69, 9.17) is 4.52 Å². The minimum absolute atomic E-state index is 0.153. The van der Waals surface area contributed by atoms with Crippen molar-refractivity contribution in [3.8, 4) is 0 Å². The SMILES string of the molecule is CC(=O)c1noc(C(C)(C)C)n1. The Morgan fingerprint density at radius 1 is 1.42 bits per heavy atom. The van der Waals surface area contributed by atoms with Crippen molar-refractivity contribution in [2.75, 3.05) is 0 Å². The second kappa shape index (κ2) is 2.69. The minimum Gasteiger partial charge on any atom is -0.338 e. The highest BCUT2D eigenvalue weighted by Gasteiger charge is 2.22. The highest BCUT2D eigenvalue weighted by molar-refractivity contribution is 5.89. The van der Waals surface area contributed by atoms with Crippen molar-refractivity contribution in [1.29, 1.82) is 0 Å². The average Bonchev–Trinajstić information content (AvgIpc) is 2.30. The van der Waals surface area contributed by atoms with E-state index in [1.807, 2.05) is 20.8 Å². The lowest BCUT2D eigenvalue weighted by Gasteiger charge is -2.10. The van der Waals surface area contributed by atoms with Crippen LogP contribution in [0.1, 0.15) is 44.2 Å². The summed E-state index contributed by atoms with van der Waals surface area (Å²) < 4.78 is 4.91. The lowest BCUT2D eigenvalue weighted by atomic mass is 9.97.